The first-order chi connectivity index (χ1) is 7.54. The monoisotopic (exact) mass is 217 g/mol. The molecule has 0 atom stereocenters. The Balaban J connectivity index is 3.01. The molecular weight excluding hydrogens is 202 g/mol. The van der Waals surface area contributed by atoms with Crippen LogP contribution in [0.5, 0.6) is 5.75 Å². The van der Waals surface area contributed by atoms with Crippen LogP contribution in [-0.4, -0.2) is 9.67 Å². The molecule has 0 bridgehead atoms. The standard InChI is InChI=1S/C13H15NO2/c1-8(2)11-12(15)9-6-4-5-7-10(9)14(3)13(11)16/h4-8,15H,1-3H3. The molecule has 0 radical (unpaired) electrons. The number of fused-ring (bicyclic) bond motifs is 1. The molecule has 1 N–H and O–H groups in total. The average Bonchev–Trinajstić information content (AvgIpc) is 2.26. The van der Waals surface area contributed by atoms with Crippen molar-refractivity contribution >= 4 is 10.9 Å². The van der Waals surface area contributed by atoms with Gasteiger partial charge in [0.25, 0.3) is 5.56 Å². The Hall–Kier alpha value is -1.77. The number of aromatic hydroxyl groups is 1. The maximum Gasteiger partial charge on any atom is 0.257 e. The molecule has 84 valence electrons. The number of pyridine rings is 1. The molecule has 0 saturated carbocycles. The Labute approximate surface area is 94.0 Å². The van der Waals surface area contributed by atoms with Gasteiger partial charge in [-0.25, -0.2) is 0 Å². The van der Waals surface area contributed by atoms with Gasteiger partial charge in [-0.2, -0.15) is 0 Å². The lowest BCUT2D eigenvalue weighted by Gasteiger charge is -2.13. The molecule has 2 aromatic rings. The van der Waals surface area contributed by atoms with Gasteiger partial charge >= 0.3 is 0 Å². The summed E-state index contributed by atoms with van der Waals surface area (Å²) in [4.78, 5) is 12.0. The molecule has 1 heterocycles. The number of rotatable bonds is 1. The summed E-state index contributed by atoms with van der Waals surface area (Å²) in [6.07, 6.45) is 0. The highest BCUT2D eigenvalue weighted by molar-refractivity contribution is 5.86. The van der Waals surface area contributed by atoms with Crippen LogP contribution in [0, 0.1) is 0 Å². The lowest BCUT2D eigenvalue weighted by molar-refractivity contribution is 0.468. The number of nitrogens with zero attached hydrogens (tertiary/aromatic N) is 1. The van der Waals surface area contributed by atoms with E-state index in [9.17, 15) is 9.90 Å². The summed E-state index contributed by atoms with van der Waals surface area (Å²) in [7, 11) is 1.73. The maximum absolute atomic E-state index is 12.0. The predicted molar refractivity (Wildman–Crippen MR) is 64.9 cm³/mol. The van der Waals surface area contributed by atoms with Gasteiger partial charge in [0.15, 0.2) is 0 Å². The lowest BCUT2D eigenvalue weighted by atomic mass is 10.0. The highest BCUT2D eigenvalue weighted by Crippen LogP contribution is 2.29. The van der Waals surface area contributed by atoms with E-state index in [1.807, 2.05) is 38.1 Å². The van der Waals surface area contributed by atoms with Crippen molar-refractivity contribution in [2.45, 2.75) is 19.8 Å². The van der Waals surface area contributed by atoms with Crippen LogP contribution < -0.4 is 5.56 Å². The van der Waals surface area contributed by atoms with Gasteiger partial charge in [-0.05, 0) is 18.1 Å². The minimum Gasteiger partial charge on any atom is -0.507 e. The van der Waals surface area contributed by atoms with Gasteiger partial charge in [-0.3, -0.25) is 4.79 Å². The number of hydrogen-bond donors (Lipinski definition) is 1. The second kappa shape index (κ2) is 3.67. The second-order valence-electron chi connectivity index (χ2n) is 4.30. The minimum atomic E-state index is -0.119. The van der Waals surface area contributed by atoms with Gasteiger partial charge in [0.05, 0.1) is 11.1 Å². The van der Waals surface area contributed by atoms with Crippen molar-refractivity contribution < 1.29 is 5.11 Å². The summed E-state index contributed by atoms with van der Waals surface area (Å²) in [6, 6.07) is 7.38. The van der Waals surface area contributed by atoms with Crippen molar-refractivity contribution in [3.8, 4) is 5.75 Å². The molecule has 0 spiro atoms. The van der Waals surface area contributed by atoms with Crippen LogP contribution >= 0.6 is 0 Å². The first kappa shape index (κ1) is 10.7. The van der Waals surface area contributed by atoms with E-state index in [0.29, 0.717) is 5.56 Å². The molecule has 1 aromatic heterocycles. The number of aromatic nitrogens is 1. The quantitative estimate of drug-likeness (QED) is 0.796. The summed E-state index contributed by atoms with van der Waals surface area (Å²) in [6.45, 7) is 3.82. The first-order valence-electron chi connectivity index (χ1n) is 5.34. The summed E-state index contributed by atoms with van der Waals surface area (Å²) in [5.41, 5.74) is 1.13. The Kier molecular flexibility index (Phi) is 2.46. The fraction of sp³-hybridized carbons (Fsp3) is 0.308. The molecule has 0 saturated heterocycles. The highest BCUT2D eigenvalue weighted by atomic mass is 16.3. The van der Waals surface area contributed by atoms with Gasteiger partial charge < -0.3 is 9.67 Å². The molecule has 0 fully saturated rings. The van der Waals surface area contributed by atoms with E-state index in [1.54, 1.807) is 11.6 Å². The van der Waals surface area contributed by atoms with Crippen molar-refractivity contribution in [3.05, 3.63) is 40.2 Å². The Bertz CT molecular complexity index is 597. The van der Waals surface area contributed by atoms with Gasteiger partial charge in [0, 0.05) is 12.4 Å². The predicted octanol–water partition coefficient (Wildman–Crippen LogP) is 2.37. The van der Waals surface area contributed by atoms with E-state index < -0.39 is 0 Å². The zero-order valence-corrected chi connectivity index (χ0v) is 9.69. The smallest absolute Gasteiger partial charge is 0.257 e. The van der Waals surface area contributed by atoms with Gasteiger partial charge in [-0.15, -0.1) is 0 Å². The lowest BCUT2D eigenvalue weighted by Crippen LogP contribution is -2.22. The molecule has 16 heavy (non-hydrogen) atoms. The van der Waals surface area contributed by atoms with Gasteiger partial charge in [0.2, 0.25) is 0 Å². The number of aryl methyl sites for hydroxylation is 1. The van der Waals surface area contributed by atoms with Crippen LogP contribution in [0.25, 0.3) is 10.9 Å². The molecule has 1 aromatic carbocycles. The molecule has 3 nitrogen and oxygen atoms in total. The highest BCUT2D eigenvalue weighted by Gasteiger charge is 2.16. The normalized spacial score (nSPS) is 11.2. The molecule has 0 aliphatic carbocycles. The Morgan fingerprint density at radius 2 is 1.88 bits per heavy atom. The van der Waals surface area contributed by atoms with Crippen LogP contribution in [0.2, 0.25) is 0 Å². The first-order valence-corrected chi connectivity index (χ1v) is 5.34. The molecule has 0 unspecified atom stereocenters. The number of hydrogen-bond acceptors (Lipinski definition) is 2. The second-order valence-corrected chi connectivity index (χ2v) is 4.30. The van der Waals surface area contributed by atoms with E-state index in [1.165, 1.54) is 0 Å². The van der Waals surface area contributed by atoms with Crippen molar-refractivity contribution in [1.82, 2.24) is 4.57 Å². The summed E-state index contributed by atoms with van der Waals surface area (Å²) >= 11 is 0. The molecule has 2 rings (SSSR count). The van der Waals surface area contributed by atoms with E-state index >= 15 is 0 Å². The summed E-state index contributed by atoms with van der Waals surface area (Å²) in [5, 5.41) is 10.8. The molecule has 0 amide bonds. The largest absolute Gasteiger partial charge is 0.507 e. The molecule has 0 aliphatic heterocycles. The van der Waals surface area contributed by atoms with Crippen LogP contribution in [-0.2, 0) is 7.05 Å². The number of benzene rings is 1. The minimum absolute atomic E-state index is 0.0170. The van der Waals surface area contributed by atoms with E-state index in [2.05, 4.69) is 0 Å². The van der Waals surface area contributed by atoms with Gasteiger partial charge in [-0.1, -0.05) is 26.0 Å². The van der Waals surface area contributed by atoms with Gasteiger partial charge in [0.1, 0.15) is 5.75 Å². The van der Waals surface area contributed by atoms with Crippen LogP contribution in [0.15, 0.2) is 29.1 Å². The zero-order valence-electron chi connectivity index (χ0n) is 9.69. The van der Waals surface area contributed by atoms with Crippen molar-refractivity contribution in [1.29, 1.82) is 0 Å². The third-order valence-corrected chi connectivity index (χ3v) is 2.89. The van der Waals surface area contributed by atoms with E-state index in [4.69, 9.17) is 0 Å². The fourth-order valence-electron chi connectivity index (χ4n) is 2.02. The van der Waals surface area contributed by atoms with E-state index in [0.717, 1.165) is 10.9 Å². The fourth-order valence-corrected chi connectivity index (χ4v) is 2.02. The molecular formula is C13H15NO2. The third-order valence-electron chi connectivity index (χ3n) is 2.89. The van der Waals surface area contributed by atoms with E-state index in [-0.39, 0.29) is 17.2 Å². The molecule has 3 heteroatoms. The van der Waals surface area contributed by atoms with Crippen LogP contribution in [0.3, 0.4) is 0 Å². The zero-order chi connectivity index (χ0) is 11.9. The average molecular weight is 217 g/mol. The SMILES string of the molecule is CC(C)c1c(O)c2ccccc2n(C)c1=O. The van der Waals surface area contributed by atoms with Crippen LogP contribution in [0.4, 0.5) is 0 Å². The van der Waals surface area contributed by atoms with Crippen molar-refractivity contribution in [3.63, 3.8) is 0 Å². The Morgan fingerprint density at radius 1 is 1.25 bits per heavy atom. The topological polar surface area (TPSA) is 42.2 Å². The Morgan fingerprint density at radius 3 is 2.50 bits per heavy atom. The van der Waals surface area contributed by atoms with Crippen molar-refractivity contribution in [2.24, 2.45) is 7.05 Å². The third kappa shape index (κ3) is 1.40. The summed E-state index contributed by atoms with van der Waals surface area (Å²) in [5.74, 6) is 0.136. The molecule has 0 aliphatic rings. The van der Waals surface area contributed by atoms with Crippen molar-refractivity contribution in [2.75, 3.05) is 0 Å². The summed E-state index contributed by atoms with van der Waals surface area (Å²) < 4.78 is 1.59. The maximum atomic E-state index is 12.0. The van der Waals surface area contributed by atoms with Crippen LogP contribution in [0.1, 0.15) is 25.3 Å². The number of para-hydroxylation sites is 1.